The molecule has 82 valence electrons. The quantitative estimate of drug-likeness (QED) is 0.708. The minimum absolute atomic E-state index is 0.207. The maximum atomic E-state index is 11.7. The summed E-state index contributed by atoms with van der Waals surface area (Å²) >= 11 is 0. The topological polar surface area (TPSA) is 26.3 Å². The van der Waals surface area contributed by atoms with Gasteiger partial charge in [0.1, 0.15) is 0 Å². The van der Waals surface area contributed by atoms with E-state index in [1.807, 2.05) is 45.0 Å². The Morgan fingerprint density at radius 1 is 1.33 bits per heavy atom. The third kappa shape index (κ3) is 3.39. The normalized spacial score (nSPS) is 10.4. The maximum Gasteiger partial charge on any atom is 0.338 e. The van der Waals surface area contributed by atoms with Crippen LogP contribution in [-0.4, -0.2) is 12.6 Å². The first-order chi connectivity index (χ1) is 7.15. The summed E-state index contributed by atoms with van der Waals surface area (Å²) in [6, 6.07) is 7.59. The Balaban J connectivity index is 2.72. The summed E-state index contributed by atoms with van der Waals surface area (Å²) in [6.45, 7) is 6.57. The molecule has 1 aromatic carbocycles. The number of carbonyl (C=O) groups excluding carboxylic acids is 1. The molecule has 0 aliphatic heterocycles. The van der Waals surface area contributed by atoms with Crippen molar-refractivity contribution in [3.63, 3.8) is 0 Å². The number of esters is 1. The van der Waals surface area contributed by atoms with E-state index in [0.717, 1.165) is 12.0 Å². The average Bonchev–Trinajstić information content (AvgIpc) is 2.25. The van der Waals surface area contributed by atoms with Gasteiger partial charge in [0.05, 0.1) is 12.2 Å². The lowest BCUT2D eigenvalue weighted by atomic mass is 10.1. The number of aryl methyl sites for hydroxylation is 1. The molecule has 0 aromatic heterocycles. The average molecular weight is 206 g/mol. The molecule has 0 bridgehead atoms. The molecule has 0 saturated heterocycles. The van der Waals surface area contributed by atoms with Gasteiger partial charge in [0.25, 0.3) is 0 Å². The van der Waals surface area contributed by atoms with Gasteiger partial charge < -0.3 is 4.74 Å². The summed E-state index contributed by atoms with van der Waals surface area (Å²) in [4.78, 5) is 11.7. The van der Waals surface area contributed by atoms with Gasteiger partial charge in [0.2, 0.25) is 0 Å². The van der Waals surface area contributed by atoms with E-state index in [9.17, 15) is 4.79 Å². The van der Waals surface area contributed by atoms with E-state index in [0.29, 0.717) is 18.1 Å². The van der Waals surface area contributed by atoms with Crippen molar-refractivity contribution in [2.24, 2.45) is 5.92 Å². The SMILES string of the molecule is CCc1ccccc1C(=O)OCC(C)C. The number of hydrogen-bond donors (Lipinski definition) is 0. The van der Waals surface area contributed by atoms with Gasteiger partial charge in [-0.1, -0.05) is 39.0 Å². The summed E-state index contributed by atoms with van der Waals surface area (Å²) in [6.07, 6.45) is 0.854. The Labute approximate surface area is 91.3 Å². The Kier molecular flexibility index (Phi) is 4.35. The first kappa shape index (κ1) is 11.8. The molecular weight excluding hydrogens is 188 g/mol. The lowest BCUT2D eigenvalue weighted by molar-refractivity contribution is 0.0457. The maximum absolute atomic E-state index is 11.7. The van der Waals surface area contributed by atoms with Crippen molar-refractivity contribution in [3.8, 4) is 0 Å². The van der Waals surface area contributed by atoms with Crippen LogP contribution in [0.1, 0.15) is 36.7 Å². The summed E-state index contributed by atoms with van der Waals surface area (Å²) in [5, 5.41) is 0. The first-order valence-electron chi connectivity index (χ1n) is 5.40. The van der Waals surface area contributed by atoms with Crippen molar-refractivity contribution in [2.75, 3.05) is 6.61 Å². The third-order valence-corrected chi connectivity index (χ3v) is 2.17. The molecule has 2 nitrogen and oxygen atoms in total. The van der Waals surface area contributed by atoms with Crippen LogP contribution in [-0.2, 0) is 11.2 Å². The molecule has 0 unspecified atom stereocenters. The molecule has 0 atom stereocenters. The number of ether oxygens (including phenoxy) is 1. The van der Waals surface area contributed by atoms with E-state index < -0.39 is 0 Å². The standard InChI is InChI=1S/C13H18O2/c1-4-11-7-5-6-8-12(11)13(14)15-9-10(2)3/h5-8,10H,4,9H2,1-3H3. The van der Waals surface area contributed by atoms with Crippen LogP contribution < -0.4 is 0 Å². The van der Waals surface area contributed by atoms with E-state index in [4.69, 9.17) is 4.74 Å². The zero-order chi connectivity index (χ0) is 11.3. The van der Waals surface area contributed by atoms with Crippen LogP contribution in [0.3, 0.4) is 0 Å². The smallest absolute Gasteiger partial charge is 0.338 e. The first-order valence-corrected chi connectivity index (χ1v) is 5.40. The van der Waals surface area contributed by atoms with E-state index >= 15 is 0 Å². The Hall–Kier alpha value is -1.31. The lowest BCUT2D eigenvalue weighted by Crippen LogP contribution is -2.11. The zero-order valence-corrected chi connectivity index (χ0v) is 9.62. The largest absolute Gasteiger partial charge is 0.462 e. The Bertz CT molecular complexity index is 329. The van der Waals surface area contributed by atoms with E-state index in [-0.39, 0.29) is 5.97 Å². The highest BCUT2D eigenvalue weighted by atomic mass is 16.5. The molecule has 1 rings (SSSR count). The van der Waals surface area contributed by atoms with Crippen LogP contribution in [0.2, 0.25) is 0 Å². The number of rotatable bonds is 4. The van der Waals surface area contributed by atoms with Crippen molar-refractivity contribution in [1.29, 1.82) is 0 Å². The van der Waals surface area contributed by atoms with Crippen LogP contribution in [0, 0.1) is 5.92 Å². The highest BCUT2D eigenvalue weighted by Gasteiger charge is 2.11. The molecule has 2 heteroatoms. The fourth-order valence-corrected chi connectivity index (χ4v) is 1.35. The van der Waals surface area contributed by atoms with Gasteiger partial charge in [0, 0.05) is 0 Å². The Morgan fingerprint density at radius 2 is 2.00 bits per heavy atom. The van der Waals surface area contributed by atoms with Crippen molar-refractivity contribution in [1.82, 2.24) is 0 Å². The van der Waals surface area contributed by atoms with E-state index in [1.165, 1.54) is 0 Å². The highest BCUT2D eigenvalue weighted by Crippen LogP contribution is 2.11. The summed E-state index contributed by atoms with van der Waals surface area (Å²) in [5.41, 5.74) is 1.74. The van der Waals surface area contributed by atoms with Crippen molar-refractivity contribution in [2.45, 2.75) is 27.2 Å². The van der Waals surface area contributed by atoms with Crippen molar-refractivity contribution < 1.29 is 9.53 Å². The minimum Gasteiger partial charge on any atom is -0.462 e. The van der Waals surface area contributed by atoms with Gasteiger partial charge in [-0.05, 0) is 24.0 Å². The molecule has 0 aliphatic rings. The molecule has 0 saturated carbocycles. The van der Waals surface area contributed by atoms with Crippen LogP contribution in [0.25, 0.3) is 0 Å². The predicted octanol–water partition coefficient (Wildman–Crippen LogP) is 3.06. The molecule has 0 amide bonds. The van der Waals surface area contributed by atoms with Gasteiger partial charge in [-0.15, -0.1) is 0 Å². The molecule has 0 N–H and O–H groups in total. The zero-order valence-electron chi connectivity index (χ0n) is 9.62. The molecule has 0 aliphatic carbocycles. The van der Waals surface area contributed by atoms with Gasteiger partial charge >= 0.3 is 5.97 Å². The molecule has 1 aromatic rings. The molecule has 0 heterocycles. The van der Waals surface area contributed by atoms with Gasteiger partial charge in [0.15, 0.2) is 0 Å². The monoisotopic (exact) mass is 206 g/mol. The number of benzene rings is 1. The molecule has 0 spiro atoms. The number of carbonyl (C=O) groups is 1. The van der Waals surface area contributed by atoms with Crippen molar-refractivity contribution >= 4 is 5.97 Å². The lowest BCUT2D eigenvalue weighted by Gasteiger charge is -2.09. The molecule has 0 fully saturated rings. The third-order valence-electron chi connectivity index (χ3n) is 2.17. The second kappa shape index (κ2) is 5.54. The second-order valence-corrected chi connectivity index (χ2v) is 4.00. The van der Waals surface area contributed by atoms with Crippen LogP contribution in [0.4, 0.5) is 0 Å². The second-order valence-electron chi connectivity index (χ2n) is 4.00. The summed E-state index contributed by atoms with van der Waals surface area (Å²) in [7, 11) is 0. The number of hydrogen-bond acceptors (Lipinski definition) is 2. The fraction of sp³-hybridized carbons (Fsp3) is 0.462. The summed E-state index contributed by atoms with van der Waals surface area (Å²) < 4.78 is 5.19. The van der Waals surface area contributed by atoms with Crippen LogP contribution >= 0.6 is 0 Å². The predicted molar refractivity (Wildman–Crippen MR) is 60.9 cm³/mol. The summed E-state index contributed by atoms with van der Waals surface area (Å²) in [5.74, 6) is 0.170. The fourth-order valence-electron chi connectivity index (χ4n) is 1.35. The Morgan fingerprint density at radius 3 is 2.60 bits per heavy atom. The van der Waals surface area contributed by atoms with Gasteiger partial charge in [-0.3, -0.25) is 0 Å². The van der Waals surface area contributed by atoms with E-state index in [1.54, 1.807) is 0 Å². The van der Waals surface area contributed by atoms with E-state index in [2.05, 4.69) is 0 Å². The van der Waals surface area contributed by atoms with Crippen LogP contribution in [0.5, 0.6) is 0 Å². The van der Waals surface area contributed by atoms with Gasteiger partial charge in [-0.25, -0.2) is 4.79 Å². The highest BCUT2D eigenvalue weighted by molar-refractivity contribution is 5.91. The molecule has 0 radical (unpaired) electrons. The minimum atomic E-state index is -0.207. The van der Waals surface area contributed by atoms with Gasteiger partial charge in [-0.2, -0.15) is 0 Å². The van der Waals surface area contributed by atoms with Crippen molar-refractivity contribution in [3.05, 3.63) is 35.4 Å². The van der Waals surface area contributed by atoms with Crippen LogP contribution in [0.15, 0.2) is 24.3 Å². The molecule has 15 heavy (non-hydrogen) atoms. The molecular formula is C13H18O2.